The normalized spacial score (nSPS) is 11.9. The molecule has 1 aromatic heterocycles. The number of nitrogens with zero attached hydrogens (tertiary/aromatic N) is 1. The number of halogens is 5. The predicted molar refractivity (Wildman–Crippen MR) is 105 cm³/mol. The van der Waals surface area contributed by atoms with Crippen molar-refractivity contribution in [2.24, 2.45) is 0 Å². The number of fused-ring (bicyclic) bond motifs is 1. The van der Waals surface area contributed by atoms with Gasteiger partial charge in [-0.05, 0) is 47.7 Å². The van der Waals surface area contributed by atoms with Crippen LogP contribution in [0.2, 0.25) is 10.0 Å². The van der Waals surface area contributed by atoms with Crippen molar-refractivity contribution in [2.75, 3.05) is 5.75 Å². The van der Waals surface area contributed by atoms with Crippen LogP contribution in [-0.2, 0) is 12.7 Å². The van der Waals surface area contributed by atoms with E-state index >= 15 is 0 Å². The number of alkyl halides is 3. The standard InChI is InChI=1S/C19H14Cl2F3NOS/c1-2-27-17-4-3-13(20)7-11(17)10-25-6-5-14-15(18(25)26)8-12(9-16(14)21)19(22,23)24/h3-9H,2,10H2,1H3. The molecular weight excluding hydrogens is 418 g/mol. The fourth-order valence-electron chi connectivity index (χ4n) is 2.79. The highest BCUT2D eigenvalue weighted by molar-refractivity contribution is 7.99. The maximum Gasteiger partial charge on any atom is 0.416 e. The third kappa shape index (κ3) is 4.28. The molecule has 2 nitrogen and oxygen atoms in total. The Morgan fingerprint density at radius 2 is 1.81 bits per heavy atom. The van der Waals surface area contributed by atoms with Crippen LogP contribution >= 0.6 is 35.0 Å². The zero-order chi connectivity index (χ0) is 19.8. The highest BCUT2D eigenvalue weighted by Crippen LogP contribution is 2.34. The van der Waals surface area contributed by atoms with E-state index in [2.05, 4.69) is 0 Å². The van der Waals surface area contributed by atoms with Gasteiger partial charge in [0.1, 0.15) is 0 Å². The first-order valence-corrected chi connectivity index (χ1v) is 9.76. The second-order valence-corrected chi connectivity index (χ2v) is 8.00. The highest BCUT2D eigenvalue weighted by Gasteiger charge is 2.31. The fourth-order valence-corrected chi connectivity index (χ4v) is 4.05. The Kier molecular flexibility index (Phi) is 5.79. The maximum absolute atomic E-state index is 13.1. The van der Waals surface area contributed by atoms with E-state index in [1.54, 1.807) is 30.0 Å². The lowest BCUT2D eigenvalue weighted by Crippen LogP contribution is -2.21. The van der Waals surface area contributed by atoms with Gasteiger partial charge in [0.2, 0.25) is 0 Å². The quantitative estimate of drug-likeness (QED) is 0.440. The first-order chi connectivity index (χ1) is 12.7. The predicted octanol–water partition coefficient (Wildman–Crippen LogP) is 6.49. The third-order valence-electron chi connectivity index (χ3n) is 4.03. The number of aromatic nitrogens is 1. The molecule has 0 radical (unpaired) electrons. The monoisotopic (exact) mass is 431 g/mol. The van der Waals surface area contributed by atoms with Crippen LogP contribution in [0.4, 0.5) is 13.2 Å². The smallest absolute Gasteiger partial charge is 0.311 e. The molecule has 0 saturated heterocycles. The van der Waals surface area contributed by atoms with Crippen LogP contribution in [0.3, 0.4) is 0 Å². The molecule has 0 spiro atoms. The largest absolute Gasteiger partial charge is 0.416 e. The molecule has 1 heterocycles. The van der Waals surface area contributed by atoms with Crippen LogP contribution < -0.4 is 5.56 Å². The van der Waals surface area contributed by atoms with Crippen LogP contribution in [-0.4, -0.2) is 10.3 Å². The number of pyridine rings is 1. The summed E-state index contributed by atoms with van der Waals surface area (Å²) < 4.78 is 40.6. The molecule has 0 aliphatic rings. The first kappa shape index (κ1) is 20.1. The van der Waals surface area contributed by atoms with Crippen LogP contribution in [0.5, 0.6) is 0 Å². The lowest BCUT2D eigenvalue weighted by atomic mass is 10.1. The number of benzene rings is 2. The molecule has 0 atom stereocenters. The minimum Gasteiger partial charge on any atom is -0.311 e. The van der Waals surface area contributed by atoms with Gasteiger partial charge in [0, 0.05) is 31.9 Å². The zero-order valence-corrected chi connectivity index (χ0v) is 16.4. The summed E-state index contributed by atoms with van der Waals surface area (Å²) in [5, 5.41) is 0.653. The first-order valence-electron chi connectivity index (χ1n) is 8.02. The van der Waals surface area contributed by atoms with E-state index in [0.29, 0.717) is 10.4 Å². The lowest BCUT2D eigenvalue weighted by Gasteiger charge is -2.13. The maximum atomic E-state index is 13.1. The number of thioether (sulfide) groups is 1. The molecule has 0 N–H and O–H groups in total. The highest BCUT2D eigenvalue weighted by atomic mass is 35.5. The molecule has 2 aromatic carbocycles. The molecule has 142 valence electrons. The van der Waals surface area contributed by atoms with Crippen molar-refractivity contribution in [1.82, 2.24) is 4.57 Å². The van der Waals surface area contributed by atoms with Crippen molar-refractivity contribution in [3.63, 3.8) is 0 Å². The van der Waals surface area contributed by atoms with Gasteiger partial charge < -0.3 is 4.57 Å². The van der Waals surface area contributed by atoms with Gasteiger partial charge in [0.15, 0.2) is 0 Å². The zero-order valence-electron chi connectivity index (χ0n) is 14.1. The molecular formula is C19H14Cl2F3NOS. The van der Waals surface area contributed by atoms with Crippen molar-refractivity contribution in [3.05, 3.63) is 74.1 Å². The molecule has 0 saturated carbocycles. The lowest BCUT2D eigenvalue weighted by molar-refractivity contribution is -0.137. The molecule has 0 fully saturated rings. The van der Waals surface area contributed by atoms with Crippen molar-refractivity contribution in [2.45, 2.75) is 24.5 Å². The Morgan fingerprint density at radius 3 is 2.48 bits per heavy atom. The van der Waals surface area contributed by atoms with Gasteiger partial charge in [0.05, 0.1) is 12.1 Å². The molecule has 0 bridgehead atoms. The summed E-state index contributed by atoms with van der Waals surface area (Å²) in [6.45, 7) is 2.21. The number of hydrogen-bond acceptors (Lipinski definition) is 2. The Hall–Kier alpha value is -1.63. The molecule has 8 heteroatoms. The molecule has 0 aliphatic carbocycles. The fraction of sp³-hybridized carbons (Fsp3) is 0.211. The molecule has 0 unspecified atom stereocenters. The summed E-state index contributed by atoms with van der Waals surface area (Å²) in [6, 6.07) is 8.63. The Morgan fingerprint density at radius 1 is 1.07 bits per heavy atom. The number of hydrogen-bond donors (Lipinski definition) is 0. The van der Waals surface area contributed by atoms with E-state index in [1.807, 2.05) is 13.0 Å². The van der Waals surface area contributed by atoms with Crippen LogP contribution in [0, 0.1) is 0 Å². The van der Waals surface area contributed by atoms with Crippen LogP contribution in [0.1, 0.15) is 18.1 Å². The molecule has 27 heavy (non-hydrogen) atoms. The van der Waals surface area contributed by atoms with Gasteiger partial charge in [0.25, 0.3) is 5.56 Å². The van der Waals surface area contributed by atoms with Crippen molar-refractivity contribution in [1.29, 1.82) is 0 Å². The Bertz CT molecular complexity index is 1060. The second-order valence-electron chi connectivity index (χ2n) is 5.85. The van der Waals surface area contributed by atoms with Crippen LogP contribution in [0.25, 0.3) is 10.8 Å². The van der Waals surface area contributed by atoms with E-state index < -0.39 is 17.3 Å². The van der Waals surface area contributed by atoms with Crippen LogP contribution in [0.15, 0.2) is 52.3 Å². The van der Waals surface area contributed by atoms with Crippen molar-refractivity contribution < 1.29 is 13.2 Å². The number of rotatable bonds is 4. The Labute approximate surface area is 167 Å². The van der Waals surface area contributed by atoms with E-state index in [4.69, 9.17) is 23.2 Å². The van der Waals surface area contributed by atoms with Gasteiger partial charge in [-0.15, -0.1) is 11.8 Å². The topological polar surface area (TPSA) is 22.0 Å². The summed E-state index contributed by atoms with van der Waals surface area (Å²) in [6.07, 6.45) is -3.05. The summed E-state index contributed by atoms with van der Waals surface area (Å²) in [7, 11) is 0. The average Bonchev–Trinajstić information content (AvgIpc) is 2.59. The summed E-state index contributed by atoms with van der Waals surface area (Å²) >= 11 is 13.6. The van der Waals surface area contributed by atoms with E-state index in [9.17, 15) is 18.0 Å². The molecule has 0 amide bonds. The molecule has 0 aliphatic heterocycles. The third-order valence-corrected chi connectivity index (χ3v) is 5.58. The SMILES string of the molecule is CCSc1ccc(Cl)cc1Cn1ccc2c(Cl)cc(C(F)(F)F)cc2c1=O. The van der Waals surface area contributed by atoms with E-state index in [0.717, 1.165) is 28.3 Å². The van der Waals surface area contributed by atoms with Gasteiger partial charge in [-0.3, -0.25) is 4.79 Å². The summed E-state index contributed by atoms with van der Waals surface area (Å²) in [5.41, 5.74) is -0.651. The van der Waals surface area contributed by atoms with E-state index in [1.165, 1.54) is 10.8 Å². The van der Waals surface area contributed by atoms with E-state index in [-0.39, 0.29) is 17.0 Å². The second kappa shape index (κ2) is 7.78. The minimum absolute atomic E-state index is 0.0657. The minimum atomic E-state index is -4.58. The van der Waals surface area contributed by atoms with Gasteiger partial charge >= 0.3 is 6.18 Å². The molecule has 3 rings (SSSR count). The Balaban J connectivity index is 2.13. The van der Waals surface area contributed by atoms with Crippen molar-refractivity contribution >= 4 is 45.7 Å². The van der Waals surface area contributed by atoms with Gasteiger partial charge in [-0.25, -0.2) is 0 Å². The average molecular weight is 432 g/mol. The van der Waals surface area contributed by atoms with Gasteiger partial charge in [-0.2, -0.15) is 13.2 Å². The molecule has 3 aromatic rings. The summed E-state index contributed by atoms with van der Waals surface area (Å²) in [5.74, 6) is 0.839. The summed E-state index contributed by atoms with van der Waals surface area (Å²) in [4.78, 5) is 13.8. The van der Waals surface area contributed by atoms with Crippen molar-refractivity contribution in [3.8, 4) is 0 Å². The van der Waals surface area contributed by atoms with Gasteiger partial charge in [-0.1, -0.05) is 30.1 Å².